The number of nitrogens with zero attached hydrogens (tertiary/aromatic N) is 2. The Labute approximate surface area is 128 Å². The molecule has 1 aliphatic rings. The van der Waals surface area contributed by atoms with E-state index < -0.39 is 3.23 Å². The van der Waals surface area contributed by atoms with Crippen LogP contribution in [0.3, 0.4) is 0 Å². The van der Waals surface area contributed by atoms with Crippen molar-refractivity contribution in [2.75, 3.05) is 18.0 Å². The van der Waals surface area contributed by atoms with Crippen LogP contribution >= 0.6 is 0 Å². The van der Waals surface area contributed by atoms with Crippen LogP contribution in [0, 0.1) is 6.92 Å². The molecule has 0 saturated carbocycles. The molecule has 1 fully saturated rings. The van der Waals surface area contributed by atoms with Crippen molar-refractivity contribution in [2.45, 2.75) is 23.0 Å². The summed E-state index contributed by atoms with van der Waals surface area (Å²) in [6.45, 7) is 3.57. The van der Waals surface area contributed by atoms with Crippen molar-refractivity contribution in [3.63, 3.8) is 0 Å². The van der Waals surface area contributed by atoms with Gasteiger partial charge in [0.15, 0.2) is 0 Å². The van der Waals surface area contributed by atoms with E-state index in [2.05, 4.69) is 35.0 Å². The van der Waals surface area contributed by atoms with Gasteiger partial charge in [-0.25, -0.2) is 0 Å². The minimum absolute atomic E-state index is 0.384. The van der Waals surface area contributed by atoms with Gasteiger partial charge in [-0.3, -0.25) is 0 Å². The Morgan fingerprint density at radius 2 is 2.21 bits per heavy atom. The van der Waals surface area contributed by atoms with Crippen LogP contribution in [0.2, 0.25) is 0 Å². The number of hydrogen-bond donors (Lipinski definition) is 0. The second-order valence-electron chi connectivity index (χ2n) is 5.36. The maximum absolute atomic E-state index is 14.3. The van der Waals surface area contributed by atoms with Crippen LogP contribution in [0.5, 0.6) is 0 Å². The summed E-state index contributed by atoms with van der Waals surface area (Å²) in [4.78, 5) is 6.66. The van der Waals surface area contributed by atoms with Gasteiger partial charge >= 0.3 is 129 Å². The minimum atomic E-state index is -0.919. The predicted octanol–water partition coefficient (Wildman–Crippen LogP) is 2.98. The normalized spacial score (nSPS) is 23.7. The molecule has 4 heteroatoms. The number of piperidine rings is 1. The molecule has 1 aromatic heterocycles. The van der Waals surface area contributed by atoms with Crippen molar-refractivity contribution in [3.05, 3.63) is 36.0 Å². The number of anilines is 1. The van der Waals surface area contributed by atoms with Crippen molar-refractivity contribution in [1.82, 2.24) is 4.98 Å². The number of aromatic nitrogens is 1. The Hall–Kier alpha value is -0.718. The van der Waals surface area contributed by atoms with Gasteiger partial charge in [0.05, 0.1) is 0 Å². The number of rotatable bonds is 1. The molecule has 1 saturated heterocycles. The van der Waals surface area contributed by atoms with Crippen molar-refractivity contribution in [3.8, 4) is 0 Å². The van der Waals surface area contributed by atoms with Crippen LogP contribution in [0.25, 0.3) is 10.9 Å². The molecule has 2 heterocycles. The summed E-state index contributed by atoms with van der Waals surface area (Å²) in [5.41, 5.74) is 3.34. The van der Waals surface area contributed by atoms with E-state index in [1.54, 1.807) is 0 Å². The molecule has 0 radical (unpaired) electrons. The van der Waals surface area contributed by atoms with Gasteiger partial charge in [0.1, 0.15) is 0 Å². The number of pyridine rings is 1. The summed E-state index contributed by atoms with van der Waals surface area (Å²) in [5.74, 6) is 0. The molecular formula is C15H16FN2Tl. The average molecular weight is 448 g/mol. The number of halogens is 1. The monoisotopic (exact) mass is 448 g/mol. The van der Waals surface area contributed by atoms with E-state index in [1.165, 1.54) is 5.56 Å². The van der Waals surface area contributed by atoms with Crippen LogP contribution in [0.15, 0.2) is 30.5 Å². The Morgan fingerprint density at radius 1 is 1.37 bits per heavy atom. The number of fused-ring (bicyclic) bond motifs is 1. The Bertz CT molecular complexity index is 612. The Balaban J connectivity index is 2.08. The van der Waals surface area contributed by atoms with Crippen LogP contribution < -0.4 is 4.90 Å². The standard InChI is InChI=1S/C15H16FN2.Tl/c1-11-6-7-14(13-5-2-8-17-15(11)13)18-9-3-4-12(16)10-18;/h2,5-8H,3-4,9-10H2,1H3;. The van der Waals surface area contributed by atoms with E-state index in [0.29, 0.717) is 32.3 Å². The maximum atomic E-state index is 14.3. The fraction of sp³-hybridized carbons (Fsp3) is 0.400. The molecule has 19 heavy (non-hydrogen) atoms. The third-order valence-corrected chi connectivity index (χ3v) is 5.60. The molecule has 3 rings (SSSR count). The number of hydrogen-bond acceptors (Lipinski definition) is 2. The van der Waals surface area contributed by atoms with Gasteiger partial charge in [-0.15, -0.1) is 0 Å². The molecule has 1 aromatic carbocycles. The molecular weight excluding hydrogens is 432 g/mol. The quantitative estimate of drug-likeness (QED) is 0.625. The zero-order chi connectivity index (χ0) is 13.5. The third kappa shape index (κ3) is 2.62. The first-order valence-corrected chi connectivity index (χ1v) is 8.88. The first-order valence-electron chi connectivity index (χ1n) is 6.64. The summed E-state index contributed by atoms with van der Waals surface area (Å²) in [6.07, 6.45) is 3.50. The van der Waals surface area contributed by atoms with Crippen LogP contribution in [-0.4, -0.2) is 47.1 Å². The molecule has 2 nitrogen and oxygen atoms in total. The number of benzene rings is 1. The molecule has 0 N–H and O–H groups in total. The van der Waals surface area contributed by atoms with Crippen molar-refractivity contribution in [1.29, 1.82) is 0 Å². The van der Waals surface area contributed by atoms with Crippen molar-refractivity contribution < 1.29 is 4.39 Å². The van der Waals surface area contributed by atoms with Crippen LogP contribution in [0.1, 0.15) is 18.4 Å². The average Bonchev–Trinajstić information content (AvgIpc) is 2.38. The van der Waals surface area contributed by atoms with Gasteiger partial charge in [-0.1, -0.05) is 0 Å². The second kappa shape index (κ2) is 5.00. The molecule has 2 aromatic rings. The second-order valence-corrected chi connectivity index (χ2v) is 9.38. The van der Waals surface area contributed by atoms with Crippen LogP contribution in [-0.2, 0) is 0 Å². The predicted molar refractivity (Wildman–Crippen MR) is 77.5 cm³/mol. The molecule has 0 aliphatic carbocycles. The van der Waals surface area contributed by atoms with Crippen molar-refractivity contribution in [2.24, 2.45) is 0 Å². The molecule has 1 atom stereocenters. The van der Waals surface area contributed by atoms with E-state index >= 15 is 0 Å². The van der Waals surface area contributed by atoms with Gasteiger partial charge in [-0.05, 0) is 0 Å². The molecule has 0 amide bonds. The van der Waals surface area contributed by atoms with Gasteiger partial charge in [0.2, 0.25) is 0 Å². The molecule has 1 unspecified atom stereocenters. The molecule has 1 aliphatic heterocycles. The van der Waals surface area contributed by atoms with Crippen molar-refractivity contribution >= 4 is 42.4 Å². The fourth-order valence-electron chi connectivity index (χ4n) is 2.82. The Kier molecular flexibility index (Phi) is 3.49. The zero-order valence-corrected chi connectivity index (χ0v) is 15.6. The molecule has 96 valence electrons. The Morgan fingerprint density at radius 3 is 3.00 bits per heavy atom. The summed E-state index contributed by atoms with van der Waals surface area (Å²) in [7, 11) is 0. The first-order chi connectivity index (χ1) is 9.07. The zero-order valence-electron chi connectivity index (χ0n) is 11.1. The van der Waals surface area contributed by atoms with E-state index in [4.69, 9.17) is 0 Å². The summed E-state index contributed by atoms with van der Waals surface area (Å²) < 4.78 is 13.4. The number of alkyl halides is 1. The fourth-order valence-corrected chi connectivity index (χ4v) is 4.47. The summed E-state index contributed by atoms with van der Waals surface area (Å²) in [5, 5.41) is 1.14. The van der Waals surface area contributed by atoms with Gasteiger partial charge in [0, 0.05) is 0 Å². The third-order valence-electron chi connectivity index (χ3n) is 3.76. The van der Waals surface area contributed by atoms with E-state index in [9.17, 15) is 4.39 Å². The SMILES string of the molecule is Cc1ccc(N2CCC[C](F)([Tl])C2)c2cccnc12. The topological polar surface area (TPSA) is 16.1 Å². The van der Waals surface area contributed by atoms with E-state index in [1.807, 2.05) is 12.3 Å². The van der Waals surface area contributed by atoms with Gasteiger partial charge < -0.3 is 0 Å². The summed E-state index contributed by atoms with van der Waals surface area (Å²) in [6, 6.07) is 8.26. The van der Waals surface area contributed by atoms with Gasteiger partial charge in [0.25, 0.3) is 0 Å². The summed E-state index contributed by atoms with van der Waals surface area (Å²) >= 11 is 0.384. The van der Waals surface area contributed by atoms with Gasteiger partial charge in [-0.2, -0.15) is 0 Å². The molecule has 0 bridgehead atoms. The molecule has 0 spiro atoms. The van der Waals surface area contributed by atoms with Crippen LogP contribution in [0.4, 0.5) is 10.1 Å². The number of aryl methyl sites for hydroxylation is 1. The first kappa shape index (κ1) is 13.3. The van der Waals surface area contributed by atoms with E-state index in [-0.39, 0.29) is 0 Å². The van der Waals surface area contributed by atoms with E-state index in [0.717, 1.165) is 36.0 Å².